The van der Waals surface area contributed by atoms with Crippen molar-refractivity contribution in [3.05, 3.63) is 46.0 Å². The molecule has 12 heteroatoms. The van der Waals surface area contributed by atoms with Crippen LogP contribution in [0.2, 0.25) is 10.0 Å². The fourth-order valence-electron chi connectivity index (χ4n) is 3.64. The van der Waals surface area contributed by atoms with Gasteiger partial charge in [0.25, 0.3) is 6.43 Å². The van der Waals surface area contributed by atoms with E-state index in [-0.39, 0.29) is 64.6 Å². The Morgan fingerprint density at radius 3 is 2.54 bits per heavy atom. The van der Waals surface area contributed by atoms with E-state index >= 15 is 4.39 Å². The second kappa shape index (κ2) is 11.6. The number of aromatic nitrogens is 1. The number of nitrogens with zero attached hydrogens (tertiary/aromatic N) is 1. The highest BCUT2D eigenvalue weighted by Gasteiger charge is 2.47. The molecular formula is C23H23Cl2F3N2O5. The van der Waals surface area contributed by atoms with Gasteiger partial charge in [-0.1, -0.05) is 30.1 Å². The standard InChI is InChI=1S/C23H23Cl2F3N2O5/c1-12(3-18(31)23(10-34-11-23)30-20(32)9-33-2)21-17(26)4-13(7-29-21)15-5-14(24)6-16(25)22(15)35-8-19(27)28/h4-7,12,19H,3,8-11H2,1-2H3,(H,30,32)/t12-/m0/s1. The summed E-state index contributed by atoms with van der Waals surface area (Å²) < 4.78 is 55.4. The summed E-state index contributed by atoms with van der Waals surface area (Å²) in [7, 11) is 1.36. The highest BCUT2D eigenvalue weighted by Crippen LogP contribution is 2.40. The molecule has 1 saturated heterocycles. The van der Waals surface area contributed by atoms with Gasteiger partial charge in [0, 0.05) is 41.8 Å². The number of nitrogens with one attached hydrogen (secondary N) is 1. The molecule has 1 atom stereocenters. The predicted octanol–water partition coefficient (Wildman–Crippen LogP) is 4.43. The van der Waals surface area contributed by atoms with E-state index in [1.807, 2.05) is 0 Å². The summed E-state index contributed by atoms with van der Waals surface area (Å²) >= 11 is 12.2. The van der Waals surface area contributed by atoms with Crippen LogP contribution in [0.15, 0.2) is 24.4 Å². The molecule has 0 unspecified atom stereocenters. The lowest BCUT2D eigenvalue weighted by molar-refractivity contribution is -0.153. The van der Waals surface area contributed by atoms with Crippen molar-refractivity contribution in [2.45, 2.75) is 31.2 Å². The van der Waals surface area contributed by atoms with Gasteiger partial charge >= 0.3 is 0 Å². The number of Topliss-reactive ketones (excluding diaryl/α,β-unsaturated/α-hetero) is 1. The first kappa shape index (κ1) is 27.2. The Bertz CT molecular complexity index is 1100. The van der Waals surface area contributed by atoms with Crippen molar-refractivity contribution in [1.82, 2.24) is 10.3 Å². The quantitative estimate of drug-likeness (QED) is 0.458. The molecule has 35 heavy (non-hydrogen) atoms. The number of amides is 1. The molecule has 1 N–H and O–H groups in total. The van der Waals surface area contributed by atoms with Gasteiger partial charge in [0.05, 0.1) is 23.9 Å². The number of carbonyl (C=O) groups is 2. The van der Waals surface area contributed by atoms with Crippen LogP contribution in [-0.4, -0.2) is 62.2 Å². The Morgan fingerprint density at radius 1 is 1.26 bits per heavy atom. The molecule has 7 nitrogen and oxygen atoms in total. The van der Waals surface area contributed by atoms with E-state index < -0.39 is 36.2 Å². The third kappa shape index (κ3) is 6.43. The molecule has 0 saturated carbocycles. The van der Waals surface area contributed by atoms with E-state index in [2.05, 4.69) is 10.3 Å². The zero-order valence-electron chi connectivity index (χ0n) is 18.9. The zero-order valence-corrected chi connectivity index (χ0v) is 20.4. The first-order valence-corrected chi connectivity index (χ1v) is 11.3. The maximum atomic E-state index is 15.1. The highest BCUT2D eigenvalue weighted by molar-refractivity contribution is 6.36. The summed E-state index contributed by atoms with van der Waals surface area (Å²) in [5.74, 6) is -2.22. The molecular weight excluding hydrogens is 512 g/mol. The molecule has 1 aromatic heterocycles. The van der Waals surface area contributed by atoms with E-state index in [9.17, 15) is 18.4 Å². The molecule has 0 bridgehead atoms. The van der Waals surface area contributed by atoms with Crippen LogP contribution < -0.4 is 10.1 Å². The first-order valence-electron chi connectivity index (χ1n) is 10.5. The summed E-state index contributed by atoms with van der Waals surface area (Å²) in [4.78, 5) is 29.0. The Kier molecular flexibility index (Phi) is 8.98. The molecule has 1 aliphatic heterocycles. The summed E-state index contributed by atoms with van der Waals surface area (Å²) in [6.45, 7) is 0.535. The van der Waals surface area contributed by atoms with Gasteiger partial charge in [-0.05, 0) is 18.2 Å². The topological polar surface area (TPSA) is 86.8 Å². The minimum Gasteiger partial charge on any atom is -0.485 e. The van der Waals surface area contributed by atoms with Crippen LogP contribution in [0.5, 0.6) is 5.75 Å². The number of ketones is 1. The number of methoxy groups -OCH3 is 1. The maximum absolute atomic E-state index is 15.1. The molecule has 1 aliphatic rings. The molecule has 190 valence electrons. The van der Waals surface area contributed by atoms with Crippen molar-refractivity contribution >= 4 is 34.9 Å². The van der Waals surface area contributed by atoms with Crippen LogP contribution in [0.4, 0.5) is 13.2 Å². The largest absolute Gasteiger partial charge is 0.485 e. The van der Waals surface area contributed by atoms with E-state index in [0.29, 0.717) is 0 Å². The summed E-state index contributed by atoms with van der Waals surface area (Å²) in [6.07, 6.45) is -1.53. The number of halogens is 5. The minimum absolute atomic E-state index is 0.0137. The minimum atomic E-state index is -2.74. The number of carbonyl (C=O) groups excluding carboxylic acids is 2. The van der Waals surface area contributed by atoms with Gasteiger partial charge in [-0.25, -0.2) is 13.2 Å². The number of ether oxygens (including phenoxy) is 3. The Labute approximate surface area is 209 Å². The van der Waals surface area contributed by atoms with Gasteiger partial charge in [0.15, 0.2) is 5.78 Å². The predicted molar refractivity (Wildman–Crippen MR) is 123 cm³/mol. The molecule has 1 aromatic carbocycles. The van der Waals surface area contributed by atoms with E-state index in [0.717, 1.165) is 6.07 Å². The zero-order chi connectivity index (χ0) is 25.8. The van der Waals surface area contributed by atoms with Crippen molar-refractivity contribution in [2.75, 3.05) is 33.5 Å². The lowest BCUT2D eigenvalue weighted by atomic mass is 9.85. The third-order valence-corrected chi connectivity index (χ3v) is 5.88. The van der Waals surface area contributed by atoms with Crippen molar-refractivity contribution < 1.29 is 37.0 Å². The Balaban J connectivity index is 1.81. The smallest absolute Gasteiger partial charge is 0.272 e. The fraction of sp³-hybridized carbons (Fsp3) is 0.435. The van der Waals surface area contributed by atoms with Gasteiger partial charge in [-0.3, -0.25) is 14.6 Å². The molecule has 0 spiro atoms. The SMILES string of the molecule is COCC(=O)NC1(C(=O)C[C@H](C)c2ncc(-c3cc(Cl)cc(Cl)c3OCC(F)F)cc2F)COC1. The van der Waals surface area contributed by atoms with E-state index in [4.69, 9.17) is 37.4 Å². The summed E-state index contributed by atoms with van der Waals surface area (Å²) in [5.41, 5.74) is -0.774. The lowest BCUT2D eigenvalue weighted by Gasteiger charge is -2.41. The number of benzene rings is 1. The monoisotopic (exact) mass is 534 g/mol. The van der Waals surface area contributed by atoms with Gasteiger partial charge in [0.2, 0.25) is 5.91 Å². The highest BCUT2D eigenvalue weighted by atomic mass is 35.5. The van der Waals surface area contributed by atoms with Gasteiger partial charge in [-0.2, -0.15) is 0 Å². The molecule has 1 fully saturated rings. The molecule has 1 amide bonds. The van der Waals surface area contributed by atoms with Crippen LogP contribution >= 0.6 is 23.2 Å². The molecule has 0 radical (unpaired) electrons. The number of pyridine rings is 1. The molecule has 2 heterocycles. The van der Waals surface area contributed by atoms with E-state index in [1.165, 1.54) is 25.4 Å². The molecule has 2 aromatic rings. The maximum Gasteiger partial charge on any atom is 0.272 e. The summed E-state index contributed by atoms with van der Waals surface area (Å²) in [6, 6.07) is 3.87. The summed E-state index contributed by atoms with van der Waals surface area (Å²) in [5, 5.41) is 2.81. The van der Waals surface area contributed by atoms with E-state index in [1.54, 1.807) is 6.92 Å². The normalized spacial score (nSPS) is 15.4. The first-order chi connectivity index (χ1) is 16.6. The van der Waals surface area contributed by atoms with Crippen LogP contribution in [0, 0.1) is 5.82 Å². The number of rotatable bonds is 11. The fourth-order valence-corrected chi connectivity index (χ4v) is 4.19. The average Bonchev–Trinajstić information content (AvgIpc) is 2.74. The van der Waals surface area contributed by atoms with Crippen molar-refractivity contribution in [2.24, 2.45) is 0 Å². The Hall–Kier alpha value is -2.40. The van der Waals surface area contributed by atoms with Gasteiger partial charge in [-0.15, -0.1) is 0 Å². The Morgan fingerprint density at radius 2 is 1.97 bits per heavy atom. The second-order valence-corrected chi connectivity index (χ2v) is 8.99. The molecule has 0 aliphatic carbocycles. The third-order valence-electron chi connectivity index (χ3n) is 5.39. The second-order valence-electron chi connectivity index (χ2n) is 8.14. The van der Waals surface area contributed by atoms with Crippen molar-refractivity contribution in [1.29, 1.82) is 0 Å². The van der Waals surface area contributed by atoms with Crippen molar-refractivity contribution in [3.8, 4) is 16.9 Å². The van der Waals surface area contributed by atoms with Crippen LogP contribution in [0.1, 0.15) is 25.0 Å². The molecule has 3 rings (SSSR count). The van der Waals surface area contributed by atoms with Gasteiger partial charge < -0.3 is 19.5 Å². The van der Waals surface area contributed by atoms with Gasteiger partial charge in [0.1, 0.15) is 30.3 Å². The van der Waals surface area contributed by atoms with Crippen LogP contribution in [0.3, 0.4) is 0 Å². The van der Waals surface area contributed by atoms with Crippen molar-refractivity contribution in [3.63, 3.8) is 0 Å². The number of hydrogen-bond donors (Lipinski definition) is 1. The lowest BCUT2D eigenvalue weighted by Crippen LogP contribution is -2.67. The van der Waals surface area contributed by atoms with Crippen LogP contribution in [0.25, 0.3) is 11.1 Å². The average molecular weight is 535 g/mol. The number of alkyl halides is 2. The van der Waals surface area contributed by atoms with Crippen LogP contribution in [-0.2, 0) is 19.1 Å². The number of hydrogen-bond acceptors (Lipinski definition) is 6.